The first-order chi connectivity index (χ1) is 9.93. The van der Waals surface area contributed by atoms with Crippen molar-refractivity contribution in [3.8, 4) is 0 Å². The molecule has 0 unspecified atom stereocenters. The summed E-state index contributed by atoms with van der Waals surface area (Å²) < 4.78 is 0. The van der Waals surface area contributed by atoms with Crippen molar-refractivity contribution in [2.45, 2.75) is 44.6 Å². The number of nitrogens with zero attached hydrogens (tertiary/aromatic N) is 2. The molecule has 1 spiro atoms. The normalized spacial score (nSPS) is 23.7. The van der Waals surface area contributed by atoms with E-state index in [1.807, 2.05) is 4.90 Å². The Morgan fingerprint density at radius 2 is 1.95 bits per heavy atom. The van der Waals surface area contributed by atoms with E-state index in [9.17, 15) is 4.79 Å². The number of carbonyl (C=O) groups is 1. The third-order valence-electron chi connectivity index (χ3n) is 5.51. The molecular weight excluding hydrogens is 260 g/mol. The summed E-state index contributed by atoms with van der Waals surface area (Å²) in [5.41, 5.74) is 4.68. The number of fused-ring (bicyclic) bond motifs is 2. The lowest BCUT2D eigenvalue weighted by atomic mass is 9.73. The number of amides is 1. The van der Waals surface area contributed by atoms with Crippen molar-refractivity contribution in [2.75, 3.05) is 27.2 Å². The van der Waals surface area contributed by atoms with Gasteiger partial charge in [0.25, 0.3) is 0 Å². The molecule has 0 radical (unpaired) electrons. The van der Waals surface area contributed by atoms with Gasteiger partial charge in [0.2, 0.25) is 5.91 Å². The summed E-state index contributed by atoms with van der Waals surface area (Å²) in [6.07, 6.45) is 3.41. The molecule has 1 saturated heterocycles. The maximum atomic E-state index is 11.6. The van der Waals surface area contributed by atoms with Crippen LogP contribution in [0.2, 0.25) is 0 Å². The number of rotatable bonds is 1. The van der Waals surface area contributed by atoms with Crippen LogP contribution < -0.4 is 0 Å². The van der Waals surface area contributed by atoms with Gasteiger partial charge in [0, 0.05) is 31.5 Å². The van der Waals surface area contributed by atoms with Crippen molar-refractivity contribution in [1.29, 1.82) is 0 Å². The fourth-order valence-corrected chi connectivity index (χ4v) is 4.21. The van der Waals surface area contributed by atoms with Gasteiger partial charge in [-0.1, -0.05) is 23.8 Å². The predicted octanol–water partition coefficient (Wildman–Crippen LogP) is 2.88. The number of likely N-dealkylation sites (tertiary alicyclic amines) is 1. The molecule has 0 bridgehead atoms. The molecule has 0 N–H and O–H groups in total. The second-order valence-corrected chi connectivity index (χ2v) is 7.06. The van der Waals surface area contributed by atoms with E-state index < -0.39 is 0 Å². The average molecular weight is 286 g/mol. The molecule has 21 heavy (non-hydrogen) atoms. The summed E-state index contributed by atoms with van der Waals surface area (Å²) in [5, 5.41) is 0. The highest BCUT2D eigenvalue weighted by molar-refractivity contribution is 5.73. The average Bonchev–Trinajstić information content (AvgIpc) is 2.74. The lowest BCUT2D eigenvalue weighted by molar-refractivity contribution is -0.130. The van der Waals surface area contributed by atoms with Crippen LogP contribution >= 0.6 is 0 Å². The van der Waals surface area contributed by atoms with Crippen molar-refractivity contribution in [1.82, 2.24) is 9.80 Å². The highest BCUT2D eigenvalue weighted by Gasteiger charge is 2.46. The van der Waals surface area contributed by atoms with Gasteiger partial charge in [-0.15, -0.1) is 0 Å². The summed E-state index contributed by atoms with van der Waals surface area (Å²) in [5.74, 6) is 0.219. The zero-order valence-corrected chi connectivity index (χ0v) is 13.6. The van der Waals surface area contributed by atoms with Crippen LogP contribution in [0.5, 0.6) is 0 Å². The van der Waals surface area contributed by atoms with E-state index in [0.29, 0.717) is 6.04 Å². The molecule has 1 aromatic rings. The van der Waals surface area contributed by atoms with Gasteiger partial charge in [0.15, 0.2) is 0 Å². The Hall–Kier alpha value is -1.35. The van der Waals surface area contributed by atoms with Crippen LogP contribution in [-0.2, 0) is 10.2 Å². The van der Waals surface area contributed by atoms with Gasteiger partial charge < -0.3 is 9.80 Å². The highest BCUT2D eigenvalue weighted by Crippen LogP contribution is 2.52. The summed E-state index contributed by atoms with van der Waals surface area (Å²) in [6.45, 7) is 5.68. The molecule has 1 amide bonds. The largest absolute Gasteiger partial charge is 0.343 e. The Balaban J connectivity index is 1.94. The number of benzene rings is 1. The van der Waals surface area contributed by atoms with Crippen LogP contribution in [-0.4, -0.2) is 42.9 Å². The fourth-order valence-electron chi connectivity index (χ4n) is 4.21. The Kier molecular flexibility index (Phi) is 3.56. The smallest absolute Gasteiger partial charge is 0.219 e. The fraction of sp³-hybridized carbons (Fsp3) is 0.611. The number of hydrogen-bond donors (Lipinski definition) is 0. The van der Waals surface area contributed by atoms with E-state index in [-0.39, 0.29) is 11.3 Å². The quantitative estimate of drug-likeness (QED) is 0.792. The zero-order chi connectivity index (χ0) is 15.2. The number of aryl methyl sites for hydroxylation is 1. The Morgan fingerprint density at radius 1 is 1.29 bits per heavy atom. The van der Waals surface area contributed by atoms with Gasteiger partial charge in [-0.25, -0.2) is 0 Å². The zero-order valence-electron chi connectivity index (χ0n) is 13.6. The minimum absolute atomic E-state index is 0.219. The maximum Gasteiger partial charge on any atom is 0.219 e. The van der Waals surface area contributed by atoms with Crippen molar-refractivity contribution < 1.29 is 4.79 Å². The van der Waals surface area contributed by atoms with Crippen LogP contribution in [0.3, 0.4) is 0 Å². The van der Waals surface area contributed by atoms with E-state index in [0.717, 1.165) is 25.9 Å². The van der Waals surface area contributed by atoms with Crippen molar-refractivity contribution in [3.05, 3.63) is 34.9 Å². The standard InChI is InChI=1S/C18H26N2O/c1-13-5-6-16-15(11-13)17(19(3)4)12-18(16)7-9-20(10-8-18)14(2)21/h5-6,11,17H,7-10,12H2,1-4H3/t17-/m0/s1. The predicted molar refractivity (Wildman–Crippen MR) is 85.4 cm³/mol. The van der Waals surface area contributed by atoms with Gasteiger partial charge in [-0.2, -0.15) is 0 Å². The molecule has 1 aliphatic carbocycles. The van der Waals surface area contributed by atoms with Crippen LogP contribution in [0.1, 0.15) is 48.9 Å². The second-order valence-electron chi connectivity index (χ2n) is 7.06. The topological polar surface area (TPSA) is 23.6 Å². The number of hydrogen-bond acceptors (Lipinski definition) is 2. The molecule has 3 nitrogen and oxygen atoms in total. The summed E-state index contributed by atoms with van der Waals surface area (Å²) in [7, 11) is 4.36. The molecule has 1 aliphatic heterocycles. The molecule has 1 heterocycles. The molecular formula is C18H26N2O. The van der Waals surface area contributed by atoms with E-state index in [4.69, 9.17) is 0 Å². The molecule has 2 aliphatic rings. The molecule has 3 heteroatoms. The van der Waals surface area contributed by atoms with Gasteiger partial charge in [-0.3, -0.25) is 4.79 Å². The van der Waals surface area contributed by atoms with Crippen LogP contribution in [0.4, 0.5) is 0 Å². The summed E-state index contributed by atoms with van der Waals surface area (Å²) in [4.78, 5) is 15.9. The first kappa shape index (κ1) is 14.6. The van der Waals surface area contributed by atoms with E-state index >= 15 is 0 Å². The number of piperidine rings is 1. The minimum atomic E-state index is 0.219. The SMILES string of the molecule is CC(=O)N1CCC2(CC1)C[C@H](N(C)C)c1cc(C)ccc12. The van der Waals surface area contributed by atoms with Crippen molar-refractivity contribution in [3.63, 3.8) is 0 Å². The van der Waals surface area contributed by atoms with Crippen LogP contribution in [0, 0.1) is 6.92 Å². The summed E-state index contributed by atoms with van der Waals surface area (Å²) >= 11 is 0. The minimum Gasteiger partial charge on any atom is -0.343 e. The Morgan fingerprint density at radius 3 is 2.52 bits per heavy atom. The van der Waals surface area contributed by atoms with Crippen LogP contribution in [0.25, 0.3) is 0 Å². The molecule has 0 aromatic heterocycles. The Bertz CT molecular complexity index is 556. The van der Waals surface area contributed by atoms with Gasteiger partial charge in [-0.05, 0) is 51.4 Å². The third kappa shape index (κ3) is 2.38. The summed E-state index contributed by atoms with van der Waals surface area (Å²) in [6, 6.07) is 7.48. The first-order valence-electron chi connectivity index (χ1n) is 7.96. The number of carbonyl (C=O) groups excluding carboxylic acids is 1. The molecule has 1 aromatic carbocycles. The molecule has 114 valence electrons. The van der Waals surface area contributed by atoms with E-state index in [1.165, 1.54) is 23.1 Å². The third-order valence-corrected chi connectivity index (χ3v) is 5.51. The van der Waals surface area contributed by atoms with Gasteiger partial charge in [0.05, 0.1) is 0 Å². The highest BCUT2D eigenvalue weighted by atomic mass is 16.2. The van der Waals surface area contributed by atoms with Gasteiger partial charge >= 0.3 is 0 Å². The molecule has 3 rings (SSSR count). The van der Waals surface area contributed by atoms with Crippen molar-refractivity contribution >= 4 is 5.91 Å². The lowest BCUT2D eigenvalue weighted by Crippen LogP contribution is -2.43. The molecule has 0 saturated carbocycles. The Labute approximate surface area is 127 Å². The van der Waals surface area contributed by atoms with E-state index in [1.54, 1.807) is 6.92 Å². The maximum absolute atomic E-state index is 11.6. The second kappa shape index (κ2) is 5.13. The monoisotopic (exact) mass is 286 g/mol. The van der Waals surface area contributed by atoms with E-state index in [2.05, 4.69) is 44.1 Å². The lowest BCUT2D eigenvalue weighted by Gasteiger charge is -2.40. The molecule has 1 fully saturated rings. The van der Waals surface area contributed by atoms with Crippen molar-refractivity contribution in [2.24, 2.45) is 0 Å². The first-order valence-corrected chi connectivity index (χ1v) is 7.96. The van der Waals surface area contributed by atoms with Crippen LogP contribution in [0.15, 0.2) is 18.2 Å². The van der Waals surface area contributed by atoms with Gasteiger partial charge in [0.1, 0.15) is 0 Å². The molecule has 1 atom stereocenters.